The fourth-order valence-electron chi connectivity index (χ4n) is 10.5. The van der Waals surface area contributed by atoms with Gasteiger partial charge in [-0.1, -0.05) is 218 Å². The van der Waals surface area contributed by atoms with Crippen LogP contribution in [-0.4, -0.2) is 12.6 Å². The maximum Gasteiger partial charge on any atom is 0.179 e. The molecule has 11 aromatic carbocycles. The van der Waals surface area contributed by atoms with Crippen molar-refractivity contribution in [3.63, 3.8) is 0 Å². The van der Waals surface area contributed by atoms with Crippen LogP contribution in [0.3, 0.4) is 0 Å². The van der Waals surface area contributed by atoms with E-state index in [9.17, 15) is 0 Å². The predicted octanol–water partition coefficient (Wildman–Crippen LogP) is 14.1. The molecule has 0 spiro atoms. The van der Waals surface area contributed by atoms with Gasteiger partial charge in [-0.25, -0.2) is 0 Å². The van der Waals surface area contributed by atoms with Gasteiger partial charge >= 0.3 is 0 Å². The van der Waals surface area contributed by atoms with Crippen LogP contribution >= 0.6 is 0 Å². The van der Waals surface area contributed by atoms with E-state index in [1.807, 2.05) is 0 Å². The van der Waals surface area contributed by atoms with Crippen LogP contribution in [0.25, 0.3) is 60.5 Å². The third-order valence-electron chi connectivity index (χ3n) is 13.6. The van der Waals surface area contributed by atoms with Crippen LogP contribution in [0, 0.1) is 0 Å². The lowest BCUT2D eigenvalue weighted by Crippen LogP contribution is -2.74. The molecule has 1 aromatic heterocycles. The van der Waals surface area contributed by atoms with Gasteiger partial charge in [0.1, 0.15) is 0 Å². The molecule has 12 aromatic rings. The molecule has 0 saturated heterocycles. The summed E-state index contributed by atoms with van der Waals surface area (Å²) in [5.41, 5.74) is 11.7. The minimum Gasteiger partial charge on any atom is -0.311 e. The standard InChI is InChI=1S/C64H46N2Si/c1-5-21-50(22-6-1)66-62-33-16-15-30-61(62)64-60(32-18-34-63(64)66)49-37-41-52(42-38-49)65(51-39-35-48(36-40-51)59-31-17-20-47-19-13-14-29-58(47)59)53-43-45-57(46-44-53)67(54-23-7-2-8-24-54,55-25-9-3-10-26-55)56-27-11-4-12-28-56/h1-46H. The SMILES string of the molecule is c1ccc(-n2c3ccccc3c3c(-c4ccc(N(c5ccc(-c6cccc7ccccc67)cc5)c5ccc([Si](c6ccccc6)(c6ccccc6)c6ccccc6)cc5)cc4)cccc32)cc1. The van der Waals surface area contributed by atoms with Crippen molar-refractivity contribution in [3.05, 3.63) is 279 Å². The number of fused-ring (bicyclic) bond motifs is 4. The number of hydrogen-bond donors (Lipinski definition) is 0. The van der Waals surface area contributed by atoms with Gasteiger partial charge in [-0.3, -0.25) is 0 Å². The number of rotatable bonds is 10. The lowest BCUT2D eigenvalue weighted by atomic mass is 9.98. The number of nitrogens with zero attached hydrogens (tertiary/aromatic N) is 2. The lowest BCUT2D eigenvalue weighted by Gasteiger charge is -2.35. The molecule has 1 heterocycles. The summed E-state index contributed by atoms with van der Waals surface area (Å²) in [6.07, 6.45) is 0. The molecule has 0 bridgehead atoms. The van der Waals surface area contributed by atoms with E-state index in [1.54, 1.807) is 0 Å². The smallest absolute Gasteiger partial charge is 0.179 e. The molecule has 0 aliphatic carbocycles. The first kappa shape index (κ1) is 40.0. The minimum atomic E-state index is -2.71. The molecule has 0 fully saturated rings. The Bertz CT molecular complexity index is 3540. The van der Waals surface area contributed by atoms with Crippen LogP contribution in [0.2, 0.25) is 0 Å². The van der Waals surface area contributed by atoms with E-state index in [-0.39, 0.29) is 0 Å². The molecule has 0 N–H and O–H groups in total. The van der Waals surface area contributed by atoms with E-state index < -0.39 is 8.07 Å². The van der Waals surface area contributed by atoms with E-state index in [4.69, 9.17) is 0 Å². The van der Waals surface area contributed by atoms with E-state index in [0.717, 1.165) is 22.7 Å². The maximum absolute atomic E-state index is 2.71. The summed E-state index contributed by atoms with van der Waals surface area (Å²) >= 11 is 0. The van der Waals surface area contributed by atoms with Crippen molar-refractivity contribution in [2.24, 2.45) is 0 Å². The van der Waals surface area contributed by atoms with Gasteiger partial charge < -0.3 is 9.47 Å². The van der Waals surface area contributed by atoms with Gasteiger partial charge in [0.05, 0.1) is 11.0 Å². The van der Waals surface area contributed by atoms with E-state index >= 15 is 0 Å². The monoisotopic (exact) mass is 870 g/mol. The Balaban J connectivity index is 1.00. The van der Waals surface area contributed by atoms with Crippen LogP contribution < -0.4 is 25.6 Å². The van der Waals surface area contributed by atoms with Crippen LogP contribution in [-0.2, 0) is 0 Å². The molecule has 0 aliphatic heterocycles. The largest absolute Gasteiger partial charge is 0.311 e. The average molecular weight is 871 g/mol. The average Bonchev–Trinajstić information content (AvgIpc) is 3.76. The molecule has 0 saturated carbocycles. The van der Waals surface area contributed by atoms with Crippen LogP contribution in [0.5, 0.6) is 0 Å². The maximum atomic E-state index is 2.40. The van der Waals surface area contributed by atoms with Crippen molar-refractivity contribution in [3.8, 4) is 27.9 Å². The van der Waals surface area contributed by atoms with Crippen molar-refractivity contribution < 1.29 is 0 Å². The summed E-state index contributed by atoms with van der Waals surface area (Å²) in [5.74, 6) is 0. The Kier molecular flexibility index (Phi) is 10.2. The number of benzene rings is 11. The Labute approximate surface area is 392 Å². The first-order valence-corrected chi connectivity index (χ1v) is 25.1. The molecule has 0 unspecified atom stereocenters. The van der Waals surface area contributed by atoms with Gasteiger partial charge in [0, 0.05) is 33.5 Å². The van der Waals surface area contributed by atoms with Gasteiger partial charge in [0.2, 0.25) is 0 Å². The van der Waals surface area contributed by atoms with Gasteiger partial charge in [-0.15, -0.1) is 0 Å². The predicted molar refractivity (Wildman–Crippen MR) is 287 cm³/mol. The zero-order valence-electron chi connectivity index (χ0n) is 37.0. The number of anilines is 3. The fraction of sp³-hybridized carbons (Fsp3) is 0. The highest BCUT2D eigenvalue weighted by Gasteiger charge is 2.41. The summed E-state index contributed by atoms with van der Waals surface area (Å²) in [6.45, 7) is 0. The van der Waals surface area contributed by atoms with E-state index in [2.05, 4.69) is 289 Å². The van der Waals surface area contributed by atoms with Gasteiger partial charge in [-0.05, 0) is 114 Å². The highest BCUT2D eigenvalue weighted by atomic mass is 28.3. The van der Waals surface area contributed by atoms with Crippen LogP contribution in [0.15, 0.2) is 279 Å². The molecule has 0 aliphatic rings. The molecule has 0 radical (unpaired) electrons. The molecule has 0 amide bonds. The second-order valence-electron chi connectivity index (χ2n) is 17.2. The van der Waals surface area contributed by atoms with Gasteiger partial charge in [0.25, 0.3) is 0 Å². The topological polar surface area (TPSA) is 8.17 Å². The lowest BCUT2D eigenvalue weighted by molar-refractivity contribution is 1.18. The van der Waals surface area contributed by atoms with Crippen molar-refractivity contribution in [1.29, 1.82) is 0 Å². The van der Waals surface area contributed by atoms with Crippen molar-refractivity contribution >= 4 is 78.5 Å². The zero-order chi connectivity index (χ0) is 44.6. The number of para-hydroxylation sites is 2. The first-order valence-electron chi connectivity index (χ1n) is 23.1. The van der Waals surface area contributed by atoms with Gasteiger partial charge in [-0.2, -0.15) is 0 Å². The first-order chi connectivity index (χ1) is 33.3. The summed E-state index contributed by atoms with van der Waals surface area (Å²) in [4.78, 5) is 2.40. The van der Waals surface area contributed by atoms with E-state index in [0.29, 0.717) is 0 Å². The number of aromatic nitrogens is 1. The zero-order valence-corrected chi connectivity index (χ0v) is 38.0. The Hall–Kier alpha value is -8.50. The third kappa shape index (κ3) is 6.96. The molecule has 0 atom stereocenters. The van der Waals surface area contributed by atoms with Crippen molar-refractivity contribution in [2.45, 2.75) is 0 Å². The molecule has 12 rings (SSSR count). The second-order valence-corrected chi connectivity index (χ2v) is 21.0. The normalized spacial score (nSPS) is 11.6. The number of hydrogen-bond acceptors (Lipinski definition) is 1. The van der Waals surface area contributed by atoms with E-state index in [1.165, 1.54) is 75.6 Å². The summed E-state index contributed by atoms with van der Waals surface area (Å²) in [7, 11) is -2.71. The molecular weight excluding hydrogens is 825 g/mol. The summed E-state index contributed by atoms with van der Waals surface area (Å²) < 4.78 is 2.39. The van der Waals surface area contributed by atoms with Crippen LogP contribution in [0.1, 0.15) is 0 Å². The Morgan fingerprint density at radius 1 is 0.284 bits per heavy atom. The van der Waals surface area contributed by atoms with Crippen molar-refractivity contribution in [1.82, 2.24) is 4.57 Å². The highest BCUT2D eigenvalue weighted by Crippen LogP contribution is 2.41. The molecule has 2 nitrogen and oxygen atoms in total. The minimum absolute atomic E-state index is 1.09. The molecule has 316 valence electrons. The molecular formula is C64H46N2Si. The Morgan fingerprint density at radius 2 is 0.687 bits per heavy atom. The van der Waals surface area contributed by atoms with Gasteiger partial charge in [0.15, 0.2) is 8.07 Å². The highest BCUT2D eigenvalue weighted by molar-refractivity contribution is 7.19. The quantitative estimate of drug-likeness (QED) is 0.0982. The second kappa shape index (κ2) is 17.1. The third-order valence-corrected chi connectivity index (χ3v) is 18.4. The Morgan fingerprint density at radius 3 is 1.27 bits per heavy atom. The van der Waals surface area contributed by atoms with Crippen LogP contribution in [0.4, 0.5) is 17.1 Å². The summed E-state index contributed by atoms with van der Waals surface area (Å²) in [5, 5.41) is 10.4. The molecule has 67 heavy (non-hydrogen) atoms. The molecule has 3 heteroatoms. The van der Waals surface area contributed by atoms with Crippen molar-refractivity contribution in [2.75, 3.05) is 4.90 Å². The fourth-order valence-corrected chi connectivity index (χ4v) is 15.3. The summed E-state index contributed by atoms with van der Waals surface area (Å²) in [6, 6.07) is 103.